The number of ketones is 1. The number of carbonyl (C=O) groups excluding carboxylic acids is 2. The van der Waals surface area contributed by atoms with Gasteiger partial charge in [0.1, 0.15) is 5.69 Å². The van der Waals surface area contributed by atoms with Crippen molar-refractivity contribution in [1.82, 2.24) is 4.98 Å². The number of benzene rings is 1. The van der Waals surface area contributed by atoms with Crippen molar-refractivity contribution in [3.05, 3.63) is 46.8 Å². The third-order valence-electron chi connectivity index (χ3n) is 4.13. The minimum atomic E-state index is -3.47. The first-order chi connectivity index (χ1) is 11.8. The maximum Gasteiger partial charge on any atom is 0.272 e. The fourth-order valence-corrected chi connectivity index (χ4v) is 3.64. The van der Waals surface area contributed by atoms with Gasteiger partial charge in [-0.25, -0.2) is 8.42 Å². The topological polar surface area (TPSA) is 108 Å². The van der Waals surface area contributed by atoms with Crippen LogP contribution in [-0.2, 0) is 16.4 Å². The van der Waals surface area contributed by atoms with Crippen molar-refractivity contribution in [2.45, 2.75) is 26.2 Å². The van der Waals surface area contributed by atoms with Gasteiger partial charge < -0.3 is 10.3 Å². The second kappa shape index (κ2) is 6.36. The molecule has 0 radical (unpaired) electrons. The summed E-state index contributed by atoms with van der Waals surface area (Å²) in [5.41, 5.74) is 2.99. The van der Waals surface area contributed by atoms with Crippen LogP contribution in [-0.4, -0.2) is 31.3 Å². The van der Waals surface area contributed by atoms with Gasteiger partial charge in [-0.15, -0.1) is 0 Å². The number of hydrogen-bond acceptors (Lipinski definition) is 4. The van der Waals surface area contributed by atoms with Crippen LogP contribution in [0.4, 0.5) is 11.4 Å². The maximum atomic E-state index is 12.6. The fraction of sp³-hybridized carbons (Fsp3) is 0.294. The highest BCUT2D eigenvalue weighted by Gasteiger charge is 2.26. The molecule has 0 aliphatic heterocycles. The quantitative estimate of drug-likeness (QED) is 0.777. The summed E-state index contributed by atoms with van der Waals surface area (Å²) in [6.45, 7) is 1.74. The molecule has 1 amide bonds. The van der Waals surface area contributed by atoms with Gasteiger partial charge >= 0.3 is 0 Å². The third kappa shape index (κ3) is 3.58. The molecule has 1 aromatic heterocycles. The average Bonchev–Trinajstić information content (AvgIpc) is 2.86. The molecule has 0 fully saturated rings. The van der Waals surface area contributed by atoms with Gasteiger partial charge in [0.15, 0.2) is 5.78 Å². The normalized spacial score (nSPS) is 14.1. The van der Waals surface area contributed by atoms with Gasteiger partial charge in [0.05, 0.1) is 17.6 Å². The van der Waals surface area contributed by atoms with E-state index in [1.807, 2.05) is 0 Å². The number of para-hydroxylation sites is 2. The molecule has 0 bridgehead atoms. The molecule has 8 heteroatoms. The standard InChI is InChI=1S/C17H19N3O4S/c1-10-15-13(8-5-9-14(15)21)18-16(10)17(22)19-11-6-3-4-7-12(11)20-25(2,23)24/h3-4,6-7,18,20H,5,8-9H2,1-2H3,(H,19,22). The number of fused-ring (bicyclic) bond motifs is 1. The molecule has 1 aliphatic carbocycles. The summed E-state index contributed by atoms with van der Waals surface area (Å²) >= 11 is 0. The van der Waals surface area contributed by atoms with Gasteiger partial charge in [0.25, 0.3) is 5.91 Å². The second-order valence-corrected chi connectivity index (χ2v) is 7.88. The lowest BCUT2D eigenvalue weighted by atomic mass is 9.94. The van der Waals surface area contributed by atoms with Crippen LogP contribution in [0.2, 0.25) is 0 Å². The van der Waals surface area contributed by atoms with Gasteiger partial charge in [-0.2, -0.15) is 0 Å². The Morgan fingerprint density at radius 3 is 2.48 bits per heavy atom. The zero-order valence-corrected chi connectivity index (χ0v) is 14.8. The number of nitrogens with one attached hydrogen (secondary N) is 3. The summed E-state index contributed by atoms with van der Waals surface area (Å²) in [6.07, 6.45) is 3.05. The van der Waals surface area contributed by atoms with E-state index >= 15 is 0 Å². The number of anilines is 2. The Bertz CT molecular complexity index is 960. The molecule has 0 saturated carbocycles. The smallest absolute Gasteiger partial charge is 0.272 e. The van der Waals surface area contributed by atoms with E-state index in [2.05, 4.69) is 15.0 Å². The summed E-state index contributed by atoms with van der Waals surface area (Å²) in [5, 5.41) is 2.71. The fourth-order valence-electron chi connectivity index (χ4n) is 3.07. The van der Waals surface area contributed by atoms with E-state index in [-0.39, 0.29) is 11.5 Å². The molecule has 7 nitrogen and oxygen atoms in total. The molecule has 1 aromatic carbocycles. The van der Waals surface area contributed by atoms with Crippen molar-refractivity contribution < 1.29 is 18.0 Å². The van der Waals surface area contributed by atoms with Crippen LogP contribution in [0.3, 0.4) is 0 Å². The molecule has 1 aliphatic rings. The number of sulfonamides is 1. The summed E-state index contributed by atoms with van der Waals surface area (Å²) in [5.74, 6) is -0.365. The van der Waals surface area contributed by atoms with Crippen LogP contribution in [0.15, 0.2) is 24.3 Å². The van der Waals surface area contributed by atoms with Crippen LogP contribution in [0, 0.1) is 6.92 Å². The van der Waals surface area contributed by atoms with Crippen molar-refractivity contribution in [3.8, 4) is 0 Å². The molecule has 25 heavy (non-hydrogen) atoms. The van der Waals surface area contributed by atoms with E-state index in [1.54, 1.807) is 31.2 Å². The lowest BCUT2D eigenvalue weighted by Crippen LogP contribution is -2.17. The molecule has 132 valence electrons. The highest BCUT2D eigenvalue weighted by atomic mass is 32.2. The van der Waals surface area contributed by atoms with Crippen LogP contribution < -0.4 is 10.0 Å². The van der Waals surface area contributed by atoms with Gasteiger partial charge in [-0.3, -0.25) is 14.3 Å². The number of aromatic nitrogens is 1. The number of aromatic amines is 1. The van der Waals surface area contributed by atoms with Crippen molar-refractivity contribution in [2.75, 3.05) is 16.3 Å². The number of hydrogen-bond donors (Lipinski definition) is 3. The van der Waals surface area contributed by atoms with Crippen LogP contribution in [0.1, 0.15) is 44.9 Å². The molecule has 0 spiro atoms. The monoisotopic (exact) mass is 361 g/mol. The Morgan fingerprint density at radius 1 is 1.16 bits per heavy atom. The van der Waals surface area contributed by atoms with Gasteiger partial charge in [-0.1, -0.05) is 12.1 Å². The van der Waals surface area contributed by atoms with Gasteiger partial charge in [0, 0.05) is 17.7 Å². The van der Waals surface area contributed by atoms with Crippen LogP contribution in [0.25, 0.3) is 0 Å². The molecule has 1 heterocycles. The number of aryl methyl sites for hydroxylation is 1. The highest BCUT2D eigenvalue weighted by Crippen LogP contribution is 2.28. The third-order valence-corrected chi connectivity index (χ3v) is 4.73. The Kier molecular flexibility index (Phi) is 4.38. The lowest BCUT2D eigenvalue weighted by molar-refractivity contribution is 0.0971. The number of amides is 1. The average molecular weight is 361 g/mol. The Labute approximate surface area is 145 Å². The highest BCUT2D eigenvalue weighted by molar-refractivity contribution is 7.92. The van der Waals surface area contributed by atoms with Crippen molar-refractivity contribution in [3.63, 3.8) is 0 Å². The maximum absolute atomic E-state index is 12.6. The van der Waals surface area contributed by atoms with E-state index < -0.39 is 15.9 Å². The second-order valence-electron chi connectivity index (χ2n) is 6.13. The summed E-state index contributed by atoms with van der Waals surface area (Å²) in [6, 6.07) is 6.53. The number of H-pyrrole nitrogens is 1. The number of carbonyl (C=O) groups is 2. The first-order valence-electron chi connectivity index (χ1n) is 7.89. The van der Waals surface area contributed by atoms with Crippen molar-refractivity contribution in [1.29, 1.82) is 0 Å². The molecule has 3 rings (SSSR count). The lowest BCUT2D eigenvalue weighted by Gasteiger charge is -2.11. The SMILES string of the molecule is Cc1c(C(=O)Nc2ccccc2NS(C)(=O)=O)[nH]c2c1C(=O)CCC2. The summed E-state index contributed by atoms with van der Waals surface area (Å²) in [4.78, 5) is 27.8. The number of rotatable bonds is 4. The van der Waals surface area contributed by atoms with Crippen LogP contribution in [0.5, 0.6) is 0 Å². The Balaban J connectivity index is 1.91. The van der Waals surface area contributed by atoms with E-state index in [0.29, 0.717) is 28.9 Å². The summed E-state index contributed by atoms with van der Waals surface area (Å²) in [7, 11) is -3.47. The van der Waals surface area contributed by atoms with Crippen molar-refractivity contribution in [2.24, 2.45) is 0 Å². The first kappa shape index (κ1) is 17.2. The molecular formula is C17H19N3O4S. The first-order valence-corrected chi connectivity index (χ1v) is 9.78. The molecule has 3 N–H and O–H groups in total. The summed E-state index contributed by atoms with van der Waals surface area (Å²) < 4.78 is 25.3. The van der Waals surface area contributed by atoms with Gasteiger partial charge in [0.2, 0.25) is 10.0 Å². The van der Waals surface area contributed by atoms with E-state index in [4.69, 9.17) is 0 Å². The predicted octanol–water partition coefficient (Wildman–Crippen LogP) is 2.47. The molecule has 0 unspecified atom stereocenters. The Morgan fingerprint density at radius 2 is 1.84 bits per heavy atom. The molecular weight excluding hydrogens is 342 g/mol. The molecule has 0 atom stereocenters. The number of Topliss-reactive ketones (excluding diaryl/α,β-unsaturated/α-hetero) is 1. The predicted molar refractivity (Wildman–Crippen MR) is 95.7 cm³/mol. The van der Waals surface area contributed by atoms with E-state index in [1.165, 1.54) is 0 Å². The molecule has 2 aromatic rings. The minimum Gasteiger partial charge on any atom is -0.354 e. The van der Waals surface area contributed by atoms with Crippen molar-refractivity contribution >= 4 is 33.1 Å². The molecule has 0 saturated heterocycles. The van der Waals surface area contributed by atoms with E-state index in [9.17, 15) is 18.0 Å². The van der Waals surface area contributed by atoms with Crippen LogP contribution >= 0.6 is 0 Å². The van der Waals surface area contributed by atoms with Gasteiger partial charge in [-0.05, 0) is 37.5 Å². The minimum absolute atomic E-state index is 0.0493. The zero-order chi connectivity index (χ0) is 18.2. The van der Waals surface area contributed by atoms with E-state index in [0.717, 1.165) is 24.8 Å². The largest absolute Gasteiger partial charge is 0.354 e. The Hall–Kier alpha value is -2.61. The zero-order valence-electron chi connectivity index (χ0n) is 14.0.